The SMILES string of the molecule is CC(C)C1=C[C@@]23CC[C@@H]4[C@](C)(CCC[C@@]4(C)C(=O)OCc4cn(Cc5ccccc5)nn4)[C@H]2C[C@@H]1[C@H]1C(=O)OC(=O)[C@H]13. The number of hydrogen-bond donors (Lipinski definition) is 0. The standard InChI is InChI=1S/C34H41N3O5/c1-20(2)24-16-34-14-11-25-32(3,26(34)15-23(24)27-28(34)30(39)42-29(27)38)12-8-13-33(25,4)31(40)41-19-22-18-37(36-35-22)17-21-9-6-5-7-10-21/h5-7,9-10,16,18,20,23,25-28H,8,11-15,17,19H2,1-4H3/t23-,25+,26+,27+,28-,32-,33+,34-/m0/s1. The van der Waals surface area contributed by atoms with Crippen LogP contribution in [0.15, 0.2) is 48.2 Å². The number of cyclic esters (lactones) is 2. The molecule has 2 aromatic rings. The van der Waals surface area contributed by atoms with Gasteiger partial charge in [-0.05, 0) is 73.7 Å². The van der Waals surface area contributed by atoms with E-state index < -0.39 is 11.3 Å². The van der Waals surface area contributed by atoms with E-state index in [9.17, 15) is 14.4 Å². The van der Waals surface area contributed by atoms with Crippen molar-refractivity contribution in [2.24, 2.45) is 51.8 Å². The number of ether oxygens (including phenoxy) is 2. The molecule has 0 unspecified atom stereocenters. The molecule has 2 heterocycles. The second-order valence-corrected chi connectivity index (χ2v) is 14.4. The van der Waals surface area contributed by atoms with Gasteiger partial charge in [-0.25, -0.2) is 4.68 Å². The number of fused-ring (bicyclic) bond motifs is 1. The number of esters is 3. The van der Waals surface area contributed by atoms with Crippen LogP contribution in [0.3, 0.4) is 0 Å². The van der Waals surface area contributed by atoms with Crippen LogP contribution in [0.2, 0.25) is 0 Å². The molecule has 222 valence electrons. The molecular weight excluding hydrogens is 530 g/mol. The first kappa shape index (κ1) is 27.5. The van der Waals surface area contributed by atoms with Gasteiger partial charge >= 0.3 is 17.9 Å². The van der Waals surface area contributed by atoms with E-state index >= 15 is 0 Å². The Bertz CT molecular complexity index is 1460. The molecule has 42 heavy (non-hydrogen) atoms. The quantitative estimate of drug-likeness (QED) is 0.256. The van der Waals surface area contributed by atoms with Gasteiger partial charge in [0.05, 0.1) is 30.0 Å². The lowest BCUT2D eigenvalue weighted by molar-refractivity contribution is -0.199. The lowest BCUT2D eigenvalue weighted by Gasteiger charge is -2.68. The molecule has 5 aliphatic carbocycles. The lowest BCUT2D eigenvalue weighted by atomic mass is 9.34. The predicted octanol–water partition coefficient (Wildman–Crippen LogP) is 5.51. The molecule has 1 aliphatic heterocycles. The lowest BCUT2D eigenvalue weighted by Crippen LogP contribution is -2.65. The molecule has 0 N–H and O–H groups in total. The summed E-state index contributed by atoms with van der Waals surface area (Å²) in [6.45, 7) is 9.53. The van der Waals surface area contributed by atoms with Crippen LogP contribution in [0.1, 0.15) is 77.5 Å². The van der Waals surface area contributed by atoms with Crippen molar-refractivity contribution in [3.63, 3.8) is 0 Å². The van der Waals surface area contributed by atoms with Crippen LogP contribution in [0.4, 0.5) is 0 Å². The van der Waals surface area contributed by atoms with Gasteiger partial charge in [0, 0.05) is 5.41 Å². The Hall–Kier alpha value is -3.29. The molecule has 3 saturated carbocycles. The molecule has 8 heteroatoms. The second kappa shape index (κ2) is 9.61. The zero-order chi connectivity index (χ0) is 29.4. The molecule has 0 amide bonds. The molecule has 8 atom stereocenters. The topological polar surface area (TPSA) is 100 Å². The number of benzene rings is 1. The van der Waals surface area contributed by atoms with E-state index in [2.05, 4.69) is 44.1 Å². The maximum Gasteiger partial charge on any atom is 0.318 e. The highest BCUT2D eigenvalue weighted by molar-refractivity contribution is 5.98. The van der Waals surface area contributed by atoms with Crippen LogP contribution in [-0.2, 0) is 37.0 Å². The van der Waals surface area contributed by atoms with E-state index in [4.69, 9.17) is 9.47 Å². The van der Waals surface area contributed by atoms with Gasteiger partial charge in [0.15, 0.2) is 0 Å². The minimum Gasteiger partial charge on any atom is -0.459 e. The maximum absolute atomic E-state index is 13.9. The average Bonchev–Trinajstić information content (AvgIpc) is 3.55. The van der Waals surface area contributed by atoms with Gasteiger partial charge in [0.25, 0.3) is 0 Å². The van der Waals surface area contributed by atoms with Crippen molar-refractivity contribution in [3.8, 4) is 0 Å². The summed E-state index contributed by atoms with van der Waals surface area (Å²) in [6.07, 6.45) is 9.48. The van der Waals surface area contributed by atoms with Crippen LogP contribution in [-0.4, -0.2) is 32.9 Å². The van der Waals surface area contributed by atoms with Gasteiger partial charge in [-0.3, -0.25) is 14.4 Å². The Kier molecular flexibility index (Phi) is 6.30. The first-order valence-corrected chi connectivity index (χ1v) is 15.7. The maximum atomic E-state index is 13.9. The molecule has 1 aromatic heterocycles. The van der Waals surface area contributed by atoms with Gasteiger partial charge in [0.2, 0.25) is 0 Å². The summed E-state index contributed by atoms with van der Waals surface area (Å²) in [4.78, 5) is 40.1. The fourth-order valence-electron chi connectivity index (χ4n) is 10.3. The molecule has 6 aliphatic rings. The normalized spacial score (nSPS) is 38.4. The van der Waals surface area contributed by atoms with Crippen molar-refractivity contribution in [2.75, 3.05) is 0 Å². The minimum absolute atomic E-state index is 0.0371. The molecule has 2 bridgehead atoms. The third-order valence-electron chi connectivity index (χ3n) is 12.0. The van der Waals surface area contributed by atoms with Gasteiger partial charge in [-0.2, -0.15) is 0 Å². The zero-order valence-electron chi connectivity index (χ0n) is 25.0. The van der Waals surface area contributed by atoms with Crippen molar-refractivity contribution in [1.29, 1.82) is 0 Å². The summed E-state index contributed by atoms with van der Waals surface area (Å²) in [5.74, 6) is -0.865. The number of carbonyl (C=O) groups excluding carboxylic acids is 3. The van der Waals surface area contributed by atoms with E-state index in [0.29, 0.717) is 18.2 Å². The van der Waals surface area contributed by atoms with Crippen molar-refractivity contribution in [1.82, 2.24) is 15.0 Å². The van der Waals surface area contributed by atoms with Crippen LogP contribution in [0, 0.1) is 51.8 Å². The Labute approximate surface area is 247 Å². The number of aromatic nitrogens is 3. The molecule has 1 spiro atoms. The zero-order valence-corrected chi connectivity index (χ0v) is 25.0. The Morgan fingerprint density at radius 2 is 1.88 bits per heavy atom. The Balaban J connectivity index is 1.12. The highest BCUT2D eigenvalue weighted by atomic mass is 16.6. The molecule has 1 saturated heterocycles. The van der Waals surface area contributed by atoms with Crippen molar-refractivity contribution in [2.45, 2.75) is 79.4 Å². The van der Waals surface area contributed by atoms with Crippen molar-refractivity contribution < 1.29 is 23.9 Å². The van der Waals surface area contributed by atoms with Crippen LogP contribution < -0.4 is 0 Å². The summed E-state index contributed by atoms with van der Waals surface area (Å²) >= 11 is 0. The number of hydrogen-bond acceptors (Lipinski definition) is 7. The van der Waals surface area contributed by atoms with Gasteiger partial charge in [-0.15, -0.1) is 5.10 Å². The first-order chi connectivity index (χ1) is 20.1. The van der Waals surface area contributed by atoms with Gasteiger partial charge in [0.1, 0.15) is 12.3 Å². The van der Waals surface area contributed by atoms with Crippen LogP contribution in [0.5, 0.6) is 0 Å². The summed E-state index contributed by atoms with van der Waals surface area (Å²) in [5.41, 5.74) is 1.93. The van der Waals surface area contributed by atoms with Crippen LogP contribution >= 0.6 is 0 Å². The summed E-state index contributed by atoms with van der Waals surface area (Å²) in [7, 11) is 0. The molecule has 8 rings (SSSR count). The van der Waals surface area contributed by atoms with E-state index in [0.717, 1.165) is 44.1 Å². The van der Waals surface area contributed by atoms with E-state index in [-0.39, 0.29) is 59.0 Å². The average molecular weight is 572 g/mol. The fourth-order valence-corrected chi connectivity index (χ4v) is 10.3. The third-order valence-corrected chi connectivity index (χ3v) is 12.0. The van der Waals surface area contributed by atoms with Crippen molar-refractivity contribution in [3.05, 3.63) is 59.4 Å². The molecular formula is C34H41N3O5. The monoisotopic (exact) mass is 571 g/mol. The van der Waals surface area contributed by atoms with E-state index in [1.165, 1.54) is 5.57 Å². The number of nitrogens with zero attached hydrogens (tertiary/aromatic N) is 3. The molecule has 1 aromatic carbocycles. The highest BCUT2D eigenvalue weighted by Gasteiger charge is 2.73. The van der Waals surface area contributed by atoms with E-state index in [1.807, 2.05) is 36.5 Å². The predicted molar refractivity (Wildman–Crippen MR) is 153 cm³/mol. The Morgan fingerprint density at radius 3 is 2.64 bits per heavy atom. The second-order valence-electron chi connectivity index (χ2n) is 14.4. The van der Waals surface area contributed by atoms with Gasteiger partial charge < -0.3 is 9.47 Å². The largest absolute Gasteiger partial charge is 0.459 e. The highest BCUT2D eigenvalue weighted by Crippen LogP contribution is 2.74. The number of carbonyl (C=O) groups is 3. The van der Waals surface area contributed by atoms with Crippen LogP contribution in [0.25, 0.3) is 0 Å². The number of rotatable bonds is 6. The fraction of sp³-hybridized carbons (Fsp3) is 0.618. The Morgan fingerprint density at radius 1 is 1.10 bits per heavy atom. The molecule has 0 radical (unpaired) electrons. The smallest absolute Gasteiger partial charge is 0.318 e. The third kappa shape index (κ3) is 3.89. The first-order valence-electron chi connectivity index (χ1n) is 15.7. The summed E-state index contributed by atoms with van der Waals surface area (Å²) in [6, 6.07) is 10.1. The summed E-state index contributed by atoms with van der Waals surface area (Å²) < 4.78 is 13.1. The van der Waals surface area contributed by atoms with Crippen molar-refractivity contribution >= 4 is 17.9 Å². The minimum atomic E-state index is -0.624. The van der Waals surface area contributed by atoms with Gasteiger partial charge in [-0.1, -0.05) is 74.4 Å². The summed E-state index contributed by atoms with van der Waals surface area (Å²) in [5, 5.41) is 8.48. The molecule has 8 nitrogen and oxygen atoms in total. The van der Waals surface area contributed by atoms with E-state index in [1.54, 1.807) is 4.68 Å². The molecule has 4 fully saturated rings. The number of allylic oxidation sites excluding steroid dienone is 2.